The third-order valence-corrected chi connectivity index (χ3v) is 2.84. The summed E-state index contributed by atoms with van der Waals surface area (Å²) in [5.41, 5.74) is 1.55. The van der Waals surface area contributed by atoms with Crippen molar-refractivity contribution in [3.8, 4) is 0 Å². The molecule has 1 atom stereocenters. The maximum atomic E-state index is 11.3. The lowest BCUT2D eigenvalue weighted by atomic mass is 10.2. The van der Waals surface area contributed by atoms with Gasteiger partial charge < -0.3 is 10.0 Å². The van der Waals surface area contributed by atoms with Crippen LogP contribution in [0, 0.1) is 0 Å². The number of carboxylic acid groups (broad SMARTS) is 1. The molecule has 1 heterocycles. The van der Waals surface area contributed by atoms with E-state index in [9.17, 15) is 9.59 Å². The van der Waals surface area contributed by atoms with Crippen molar-refractivity contribution in [3.05, 3.63) is 16.6 Å². The third-order valence-electron chi connectivity index (χ3n) is 2.01. The van der Waals surface area contributed by atoms with Crippen LogP contribution in [-0.4, -0.2) is 33.4 Å². The lowest BCUT2D eigenvalue weighted by Crippen LogP contribution is -2.36. The van der Waals surface area contributed by atoms with Crippen molar-refractivity contribution in [2.75, 3.05) is 6.54 Å². The first kappa shape index (κ1) is 11.6. The number of hydrogen-bond acceptors (Lipinski definition) is 4. The molecule has 5 nitrogen and oxygen atoms in total. The number of aliphatic carboxylic acids is 1. The molecule has 0 aliphatic heterocycles. The summed E-state index contributed by atoms with van der Waals surface area (Å²) in [6.07, 6.45) is 1.48. The van der Waals surface area contributed by atoms with Crippen molar-refractivity contribution >= 4 is 23.2 Å². The van der Waals surface area contributed by atoms with E-state index in [1.807, 2.05) is 0 Å². The Hall–Kier alpha value is -1.43. The maximum Gasteiger partial charge on any atom is 0.332 e. The molecular weight excluding hydrogens is 216 g/mol. The number of rotatable bonds is 4. The van der Waals surface area contributed by atoms with Crippen molar-refractivity contribution < 1.29 is 14.7 Å². The Morgan fingerprint density at radius 3 is 2.67 bits per heavy atom. The topological polar surface area (TPSA) is 70.5 Å². The number of carbonyl (C=O) groups is 2. The largest absolute Gasteiger partial charge is 0.479 e. The van der Waals surface area contributed by atoms with Crippen molar-refractivity contribution in [2.24, 2.45) is 0 Å². The predicted octanol–water partition coefficient (Wildman–Crippen LogP) is 1.14. The van der Waals surface area contributed by atoms with Crippen molar-refractivity contribution in [1.29, 1.82) is 0 Å². The van der Waals surface area contributed by atoms with Crippen LogP contribution in [0.3, 0.4) is 0 Å². The number of carboxylic acids is 1. The molecule has 1 N–H and O–H groups in total. The fourth-order valence-corrected chi connectivity index (χ4v) is 2.08. The molecule has 1 amide bonds. The monoisotopic (exact) mass is 228 g/mol. The smallest absolute Gasteiger partial charge is 0.332 e. The van der Waals surface area contributed by atoms with Gasteiger partial charge in [0.15, 0.2) is 6.04 Å². The SMILES string of the molecule is CCN(C(C)=O)C(C(=O)O)c1cncs1. The van der Waals surface area contributed by atoms with Gasteiger partial charge in [-0.1, -0.05) is 0 Å². The van der Waals surface area contributed by atoms with Gasteiger partial charge in [0.25, 0.3) is 0 Å². The molecule has 0 spiro atoms. The van der Waals surface area contributed by atoms with Crippen LogP contribution in [0.25, 0.3) is 0 Å². The highest BCUT2D eigenvalue weighted by molar-refractivity contribution is 7.09. The lowest BCUT2D eigenvalue weighted by molar-refractivity contribution is -0.149. The van der Waals surface area contributed by atoms with Crippen LogP contribution in [0.15, 0.2) is 11.7 Å². The average Bonchev–Trinajstić information content (AvgIpc) is 2.64. The molecule has 0 saturated carbocycles. The van der Waals surface area contributed by atoms with Gasteiger partial charge in [-0.05, 0) is 6.92 Å². The zero-order valence-corrected chi connectivity index (χ0v) is 9.32. The van der Waals surface area contributed by atoms with E-state index in [-0.39, 0.29) is 5.91 Å². The molecule has 1 rings (SSSR count). The number of thiazole rings is 1. The van der Waals surface area contributed by atoms with E-state index >= 15 is 0 Å². The van der Waals surface area contributed by atoms with Gasteiger partial charge in [0.1, 0.15) is 0 Å². The van der Waals surface area contributed by atoms with Crippen LogP contribution in [0.2, 0.25) is 0 Å². The maximum absolute atomic E-state index is 11.3. The number of amides is 1. The summed E-state index contributed by atoms with van der Waals surface area (Å²) in [5.74, 6) is -1.28. The molecular formula is C9H12N2O3S. The lowest BCUT2D eigenvalue weighted by Gasteiger charge is -2.25. The molecule has 0 aliphatic rings. The van der Waals surface area contributed by atoms with Gasteiger partial charge in [0.05, 0.1) is 10.4 Å². The minimum atomic E-state index is -1.03. The molecule has 82 valence electrons. The Kier molecular flexibility index (Phi) is 3.79. The fourth-order valence-electron chi connectivity index (χ4n) is 1.36. The highest BCUT2D eigenvalue weighted by Crippen LogP contribution is 2.24. The third kappa shape index (κ3) is 2.53. The van der Waals surface area contributed by atoms with E-state index in [1.54, 1.807) is 12.4 Å². The quantitative estimate of drug-likeness (QED) is 0.838. The van der Waals surface area contributed by atoms with Crippen LogP contribution in [0.1, 0.15) is 24.8 Å². The van der Waals surface area contributed by atoms with Crippen LogP contribution in [0.5, 0.6) is 0 Å². The predicted molar refractivity (Wildman–Crippen MR) is 55.6 cm³/mol. The summed E-state index contributed by atoms with van der Waals surface area (Å²) in [7, 11) is 0. The molecule has 0 aromatic carbocycles. The molecule has 0 radical (unpaired) electrons. The zero-order chi connectivity index (χ0) is 11.4. The van der Waals surface area contributed by atoms with Gasteiger partial charge in [-0.3, -0.25) is 9.78 Å². The van der Waals surface area contributed by atoms with Gasteiger partial charge in [0.2, 0.25) is 5.91 Å². The minimum Gasteiger partial charge on any atom is -0.479 e. The summed E-state index contributed by atoms with van der Waals surface area (Å²) in [5, 5.41) is 9.08. The van der Waals surface area contributed by atoms with Gasteiger partial charge in [-0.15, -0.1) is 11.3 Å². The van der Waals surface area contributed by atoms with E-state index in [1.165, 1.54) is 29.4 Å². The second-order valence-electron chi connectivity index (χ2n) is 2.95. The summed E-state index contributed by atoms with van der Waals surface area (Å²) in [6, 6.07) is -0.917. The number of likely N-dealkylation sites (N-methyl/N-ethyl adjacent to an activating group) is 1. The Bertz CT molecular complexity index is 350. The van der Waals surface area contributed by atoms with E-state index in [4.69, 9.17) is 5.11 Å². The summed E-state index contributed by atoms with van der Waals surface area (Å²) in [6.45, 7) is 3.48. The highest BCUT2D eigenvalue weighted by atomic mass is 32.1. The fraction of sp³-hybridized carbons (Fsp3) is 0.444. The van der Waals surface area contributed by atoms with Crippen molar-refractivity contribution in [3.63, 3.8) is 0 Å². The number of nitrogens with zero attached hydrogens (tertiary/aromatic N) is 2. The van der Waals surface area contributed by atoms with Gasteiger partial charge in [-0.25, -0.2) is 4.79 Å². The second kappa shape index (κ2) is 4.88. The first-order valence-corrected chi connectivity index (χ1v) is 5.34. The first-order valence-electron chi connectivity index (χ1n) is 4.46. The molecule has 0 fully saturated rings. The van der Waals surface area contributed by atoms with Gasteiger partial charge >= 0.3 is 5.97 Å². The Morgan fingerprint density at radius 2 is 2.33 bits per heavy atom. The summed E-state index contributed by atoms with van der Waals surface area (Å²) in [4.78, 5) is 28.0. The molecule has 1 aromatic rings. The van der Waals surface area contributed by atoms with Crippen LogP contribution in [-0.2, 0) is 9.59 Å². The molecule has 1 aromatic heterocycles. The Morgan fingerprint density at radius 1 is 1.67 bits per heavy atom. The molecule has 0 aliphatic carbocycles. The molecule has 0 saturated heterocycles. The summed E-state index contributed by atoms with van der Waals surface area (Å²) < 4.78 is 0. The summed E-state index contributed by atoms with van der Waals surface area (Å²) >= 11 is 1.23. The second-order valence-corrected chi connectivity index (χ2v) is 3.87. The molecule has 0 bridgehead atoms. The Balaban J connectivity index is 3.02. The Labute approximate surface area is 91.4 Å². The highest BCUT2D eigenvalue weighted by Gasteiger charge is 2.29. The standard InChI is InChI=1S/C9H12N2O3S/c1-3-11(6(2)12)8(9(13)14)7-4-10-5-15-7/h4-5,8H,3H2,1-2H3,(H,13,14). The minimum absolute atomic E-state index is 0.252. The molecule has 6 heteroatoms. The van der Waals surface area contributed by atoms with Gasteiger partial charge in [0, 0.05) is 19.7 Å². The van der Waals surface area contributed by atoms with E-state index in [2.05, 4.69) is 4.98 Å². The van der Waals surface area contributed by atoms with E-state index in [0.29, 0.717) is 11.4 Å². The average molecular weight is 228 g/mol. The zero-order valence-electron chi connectivity index (χ0n) is 8.51. The van der Waals surface area contributed by atoms with Gasteiger partial charge in [-0.2, -0.15) is 0 Å². The van der Waals surface area contributed by atoms with Crippen molar-refractivity contribution in [1.82, 2.24) is 9.88 Å². The van der Waals surface area contributed by atoms with E-state index < -0.39 is 12.0 Å². The van der Waals surface area contributed by atoms with E-state index in [0.717, 1.165) is 0 Å². The first-order chi connectivity index (χ1) is 7.07. The van der Waals surface area contributed by atoms with Crippen LogP contribution < -0.4 is 0 Å². The number of aromatic nitrogens is 1. The number of carbonyl (C=O) groups excluding carboxylic acids is 1. The van der Waals surface area contributed by atoms with Crippen LogP contribution >= 0.6 is 11.3 Å². The van der Waals surface area contributed by atoms with Crippen LogP contribution in [0.4, 0.5) is 0 Å². The molecule has 1 unspecified atom stereocenters. The van der Waals surface area contributed by atoms with Crippen molar-refractivity contribution in [2.45, 2.75) is 19.9 Å². The molecule has 15 heavy (non-hydrogen) atoms. The number of hydrogen-bond donors (Lipinski definition) is 1. The normalized spacial score (nSPS) is 12.1.